The van der Waals surface area contributed by atoms with E-state index in [1.54, 1.807) is 19.9 Å². The zero-order chi connectivity index (χ0) is 12.1. The lowest BCUT2D eigenvalue weighted by Crippen LogP contribution is -2.09. The molecule has 84 valence electrons. The molecule has 0 aromatic heterocycles. The van der Waals surface area contributed by atoms with Gasteiger partial charge in [0.15, 0.2) is 0 Å². The van der Waals surface area contributed by atoms with Gasteiger partial charge < -0.3 is 9.84 Å². The molecule has 0 bridgehead atoms. The van der Waals surface area contributed by atoms with E-state index in [0.29, 0.717) is 22.3 Å². The average Bonchev–Trinajstić information content (AvgIpc) is 2.29. The van der Waals surface area contributed by atoms with Crippen molar-refractivity contribution in [2.24, 2.45) is 0 Å². The number of carbonyl (C=O) groups excluding carboxylic acids is 1. The third-order valence-corrected chi connectivity index (χ3v) is 2.31. The highest BCUT2D eigenvalue weighted by atomic mass is 16.5. The van der Waals surface area contributed by atoms with Crippen LogP contribution in [-0.4, -0.2) is 17.7 Å². The molecule has 0 aliphatic rings. The first-order valence-electron chi connectivity index (χ1n) is 4.95. The molecule has 1 aromatic carbocycles. The Morgan fingerprint density at radius 3 is 2.75 bits per heavy atom. The van der Waals surface area contributed by atoms with Gasteiger partial charge in [0.2, 0.25) is 0 Å². The molecule has 16 heavy (non-hydrogen) atoms. The summed E-state index contributed by atoms with van der Waals surface area (Å²) in [6.07, 6.45) is 0. The first-order chi connectivity index (χ1) is 7.63. The van der Waals surface area contributed by atoms with Crippen molar-refractivity contribution in [3.8, 4) is 6.07 Å². The summed E-state index contributed by atoms with van der Waals surface area (Å²) in [6.45, 7) is 3.52. The van der Waals surface area contributed by atoms with Crippen molar-refractivity contribution >= 4 is 5.97 Å². The van der Waals surface area contributed by atoms with Crippen LogP contribution in [0, 0.1) is 18.3 Å². The third-order valence-electron chi connectivity index (χ3n) is 2.31. The molecule has 0 atom stereocenters. The van der Waals surface area contributed by atoms with Crippen LogP contribution >= 0.6 is 0 Å². The van der Waals surface area contributed by atoms with Gasteiger partial charge in [-0.05, 0) is 37.1 Å². The molecule has 4 nitrogen and oxygen atoms in total. The molecule has 1 aromatic rings. The Kier molecular flexibility index (Phi) is 4.03. The maximum absolute atomic E-state index is 11.6. The highest BCUT2D eigenvalue weighted by molar-refractivity contribution is 5.91. The highest BCUT2D eigenvalue weighted by Crippen LogP contribution is 2.18. The molecule has 0 saturated carbocycles. The second-order valence-corrected chi connectivity index (χ2v) is 3.30. The van der Waals surface area contributed by atoms with E-state index < -0.39 is 5.97 Å². The molecule has 0 heterocycles. The van der Waals surface area contributed by atoms with Gasteiger partial charge in [0.05, 0.1) is 30.4 Å². The number of hydrogen-bond acceptors (Lipinski definition) is 4. The number of aliphatic hydroxyl groups is 1. The van der Waals surface area contributed by atoms with Gasteiger partial charge in [0.1, 0.15) is 0 Å². The van der Waals surface area contributed by atoms with Crippen LogP contribution in [0.2, 0.25) is 0 Å². The average molecular weight is 219 g/mol. The zero-order valence-corrected chi connectivity index (χ0v) is 9.28. The van der Waals surface area contributed by atoms with Crippen LogP contribution in [0.25, 0.3) is 0 Å². The van der Waals surface area contributed by atoms with E-state index >= 15 is 0 Å². The van der Waals surface area contributed by atoms with Gasteiger partial charge >= 0.3 is 5.97 Å². The normalized spacial score (nSPS) is 9.62. The molecule has 1 N–H and O–H groups in total. The summed E-state index contributed by atoms with van der Waals surface area (Å²) in [7, 11) is 0. The van der Waals surface area contributed by atoms with Gasteiger partial charge in [-0.2, -0.15) is 5.26 Å². The van der Waals surface area contributed by atoms with Gasteiger partial charge in [-0.15, -0.1) is 0 Å². The topological polar surface area (TPSA) is 70.3 Å². The molecule has 0 aliphatic heterocycles. The zero-order valence-electron chi connectivity index (χ0n) is 9.28. The van der Waals surface area contributed by atoms with Gasteiger partial charge in [-0.3, -0.25) is 0 Å². The van der Waals surface area contributed by atoms with Crippen molar-refractivity contribution in [1.82, 2.24) is 0 Å². The minimum absolute atomic E-state index is 0.201. The number of esters is 1. The summed E-state index contributed by atoms with van der Waals surface area (Å²) in [4.78, 5) is 11.6. The van der Waals surface area contributed by atoms with Crippen molar-refractivity contribution in [1.29, 1.82) is 5.26 Å². The Morgan fingerprint density at radius 1 is 1.56 bits per heavy atom. The number of carbonyl (C=O) groups is 1. The van der Waals surface area contributed by atoms with Gasteiger partial charge in [0.25, 0.3) is 0 Å². The second kappa shape index (κ2) is 5.29. The molecule has 0 unspecified atom stereocenters. The monoisotopic (exact) mass is 219 g/mol. The minimum atomic E-state index is -0.466. The maximum Gasteiger partial charge on any atom is 0.338 e. The molecule has 0 aliphatic carbocycles. The Morgan fingerprint density at radius 2 is 2.25 bits per heavy atom. The predicted octanol–water partition coefficient (Wildman–Crippen LogP) is 1.54. The number of aliphatic hydroxyl groups excluding tert-OH is 1. The molecule has 0 amide bonds. The van der Waals surface area contributed by atoms with Crippen LogP contribution in [0.5, 0.6) is 0 Å². The van der Waals surface area contributed by atoms with E-state index in [1.165, 1.54) is 6.07 Å². The van der Waals surface area contributed by atoms with Crippen molar-refractivity contribution in [3.05, 3.63) is 34.4 Å². The number of rotatable bonds is 3. The summed E-state index contributed by atoms with van der Waals surface area (Å²) in [5.41, 5.74) is 1.91. The molecular weight excluding hydrogens is 206 g/mol. The van der Waals surface area contributed by atoms with Crippen LogP contribution in [0.15, 0.2) is 12.1 Å². The van der Waals surface area contributed by atoms with Crippen LogP contribution in [-0.2, 0) is 11.3 Å². The van der Waals surface area contributed by atoms with Crippen LogP contribution in [0.4, 0.5) is 0 Å². The molecular formula is C12H13NO3. The Labute approximate surface area is 94.1 Å². The first-order valence-corrected chi connectivity index (χ1v) is 4.95. The first kappa shape index (κ1) is 12.2. The molecule has 4 heteroatoms. The molecule has 0 saturated heterocycles. The fraction of sp³-hybridized carbons (Fsp3) is 0.333. The van der Waals surface area contributed by atoms with E-state index in [4.69, 9.17) is 15.1 Å². The van der Waals surface area contributed by atoms with Crippen molar-refractivity contribution in [3.63, 3.8) is 0 Å². The van der Waals surface area contributed by atoms with Gasteiger partial charge in [-0.1, -0.05) is 0 Å². The number of nitriles is 1. The van der Waals surface area contributed by atoms with E-state index in [1.807, 2.05) is 6.07 Å². The number of nitrogens with zero attached hydrogens (tertiary/aromatic N) is 1. The lowest BCUT2D eigenvalue weighted by Gasteiger charge is -2.09. The third kappa shape index (κ3) is 2.38. The maximum atomic E-state index is 11.6. The van der Waals surface area contributed by atoms with Crippen LogP contribution in [0.3, 0.4) is 0 Å². The smallest absolute Gasteiger partial charge is 0.338 e. The van der Waals surface area contributed by atoms with E-state index in [2.05, 4.69) is 0 Å². The summed E-state index contributed by atoms with van der Waals surface area (Å²) in [5, 5.41) is 17.9. The summed E-state index contributed by atoms with van der Waals surface area (Å²) >= 11 is 0. The van der Waals surface area contributed by atoms with Crippen molar-refractivity contribution in [2.45, 2.75) is 20.5 Å². The van der Waals surface area contributed by atoms with E-state index in [9.17, 15) is 4.79 Å². The fourth-order valence-electron chi connectivity index (χ4n) is 1.42. The number of ether oxygens (including phenoxy) is 1. The van der Waals surface area contributed by atoms with Gasteiger partial charge in [-0.25, -0.2) is 4.79 Å². The minimum Gasteiger partial charge on any atom is -0.462 e. The largest absolute Gasteiger partial charge is 0.462 e. The lowest BCUT2D eigenvalue weighted by atomic mass is 9.99. The van der Waals surface area contributed by atoms with Crippen LogP contribution in [0.1, 0.15) is 34.0 Å². The SMILES string of the molecule is CCOC(=O)c1cc(C#N)cc(CO)c1C. The standard InChI is InChI=1S/C12H13NO3/c1-3-16-12(15)11-5-9(6-13)4-10(7-14)8(11)2/h4-5,14H,3,7H2,1-2H3. The van der Waals surface area contributed by atoms with Crippen LogP contribution < -0.4 is 0 Å². The lowest BCUT2D eigenvalue weighted by molar-refractivity contribution is 0.0525. The second-order valence-electron chi connectivity index (χ2n) is 3.30. The quantitative estimate of drug-likeness (QED) is 0.783. The molecule has 1 rings (SSSR count). The summed E-state index contributed by atoms with van der Waals surface area (Å²) < 4.78 is 4.88. The van der Waals surface area contributed by atoms with Crippen molar-refractivity contribution in [2.75, 3.05) is 6.61 Å². The number of hydrogen-bond donors (Lipinski definition) is 1. The molecule has 0 radical (unpaired) electrons. The Balaban J connectivity index is 3.27. The van der Waals surface area contributed by atoms with Gasteiger partial charge in [0, 0.05) is 0 Å². The highest BCUT2D eigenvalue weighted by Gasteiger charge is 2.14. The Bertz CT molecular complexity index is 446. The predicted molar refractivity (Wildman–Crippen MR) is 57.8 cm³/mol. The summed E-state index contributed by atoms with van der Waals surface area (Å²) in [6, 6.07) is 4.99. The molecule has 0 spiro atoms. The summed E-state index contributed by atoms with van der Waals surface area (Å²) in [5.74, 6) is -0.466. The van der Waals surface area contributed by atoms with E-state index in [0.717, 1.165) is 0 Å². The molecule has 0 fully saturated rings. The fourth-order valence-corrected chi connectivity index (χ4v) is 1.42. The number of benzene rings is 1. The van der Waals surface area contributed by atoms with E-state index in [-0.39, 0.29) is 13.2 Å². The van der Waals surface area contributed by atoms with Crippen molar-refractivity contribution < 1.29 is 14.6 Å². The Hall–Kier alpha value is -1.86.